The van der Waals surface area contributed by atoms with Crippen LogP contribution in [0.25, 0.3) is 0 Å². The van der Waals surface area contributed by atoms with Gasteiger partial charge in [0.25, 0.3) is 5.91 Å². The van der Waals surface area contributed by atoms with E-state index in [4.69, 9.17) is 4.74 Å². The second-order valence-corrected chi connectivity index (χ2v) is 10.0. The smallest absolute Gasteiger partial charge is 0.434 e. The molecule has 0 bridgehead atoms. The van der Waals surface area contributed by atoms with Gasteiger partial charge < -0.3 is 14.5 Å². The zero-order valence-corrected chi connectivity index (χ0v) is 20.7. The maximum absolute atomic E-state index is 13.9. The van der Waals surface area contributed by atoms with E-state index in [9.17, 15) is 36.3 Å². The number of carbonyl (C=O) groups is 3. The van der Waals surface area contributed by atoms with E-state index in [0.717, 1.165) is 23.2 Å². The Bertz CT molecular complexity index is 1250. The molecule has 0 atom stereocenters. The van der Waals surface area contributed by atoms with E-state index in [1.54, 1.807) is 20.8 Å². The number of amides is 4. The molecule has 0 aliphatic carbocycles. The van der Waals surface area contributed by atoms with Crippen LogP contribution in [0.3, 0.4) is 0 Å². The van der Waals surface area contributed by atoms with Gasteiger partial charge in [-0.25, -0.2) is 28.3 Å². The molecular weight excluding hydrogens is 517 g/mol. The van der Waals surface area contributed by atoms with Gasteiger partial charge in [-0.2, -0.15) is 13.2 Å². The first kappa shape index (κ1) is 27.2. The average molecular weight is 541 g/mol. The van der Waals surface area contributed by atoms with Crippen molar-refractivity contribution in [1.82, 2.24) is 19.8 Å². The molecule has 38 heavy (non-hydrogen) atoms. The van der Waals surface area contributed by atoms with E-state index < -0.39 is 65.0 Å². The summed E-state index contributed by atoms with van der Waals surface area (Å²) in [4.78, 5) is 49.6. The third-order valence-corrected chi connectivity index (χ3v) is 6.19. The first-order valence-electron chi connectivity index (χ1n) is 11.6. The van der Waals surface area contributed by atoms with Crippen LogP contribution in [-0.4, -0.2) is 62.0 Å². The number of alkyl halides is 3. The van der Waals surface area contributed by atoms with E-state index in [1.165, 1.54) is 4.90 Å². The summed E-state index contributed by atoms with van der Waals surface area (Å²) in [6.45, 7) is 4.58. The maximum Gasteiger partial charge on any atom is 0.434 e. The Labute approximate surface area is 214 Å². The molecule has 2 aliphatic rings. The van der Waals surface area contributed by atoms with Crippen LogP contribution in [0.4, 0.5) is 37.4 Å². The van der Waals surface area contributed by atoms with Gasteiger partial charge in [0.05, 0.1) is 12.4 Å². The lowest BCUT2D eigenvalue weighted by atomic mass is 9.85. The molecule has 0 saturated carbocycles. The number of halogens is 5. The van der Waals surface area contributed by atoms with Crippen molar-refractivity contribution in [2.75, 3.05) is 18.0 Å². The van der Waals surface area contributed by atoms with E-state index in [1.807, 2.05) is 0 Å². The summed E-state index contributed by atoms with van der Waals surface area (Å²) in [5, 5.41) is 0. The minimum Gasteiger partial charge on any atom is -0.444 e. The van der Waals surface area contributed by atoms with Crippen LogP contribution in [-0.2, 0) is 22.3 Å². The Morgan fingerprint density at radius 3 is 2.18 bits per heavy atom. The molecule has 14 heteroatoms. The van der Waals surface area contributed by atoms with Crippen LogP contribution < -0.4 is 4.90 Å². The molecule has 0 N–H and O–H groups in total. The zero-order chi connectivity index (χ0) is 28.0. The lowest BCUT2D eigenvalue weighted by molar-refractivity contribution is -0.141. The molecule has 204 valence electrons. The maximum atomic E-state index is 13.9. The first-order valence-corrected chi connectivity index (χ1v) is 11.6. The third kappa shape index (κ3) is 5.24. The summed E-state index contributed by atoms with van der Waals surface area (Å²) in [7, 11) is 0. The minimum absolute atomic E-state index is 0.0228. The highest BCUT2D eigenvalue weighted by Gasteiger charge is 2.59. The Morgan fingerprint density at radius 2 is 1.63 bits per heavy atom. The molecule has 4 rings (SSSR count). The summed E-state index contributed by atoms with van der Waals surface area (Å²) in [5.41, 5.74) is -3.78. The molecule has 2 fully saturated rings. The van der Waals surface area contributed by atoms with Crippen molar-refractivity contribution in [3.05, 3.63) is 53.5 Å². The van der Waals surface area contributed by atoms with Crippen molar-refractivity contribution in [3.8, 4) is 0 Å². The van der Waals surface area contributed by atoms with Crippen molar-refractivity contribution in [3.63, 3.8) is 0 Å². The molecule has 9 nitrogen and oxygen atoms in total. The van der Waals surface area contributed by atoms with Gasteiger partial charge in [0.1, 0.15) is 22.8 Å². The molecule has 1 spiro atoms. The lowest BCUT2D eigenvalue weighted by Crippen LogP contribution is -2.57. The van der Waals surface area contributed by atoms with Gasteiger partial charge in [-0.05, 0) is 51.3 Å². The number of imide groups is 1. The Kier molecular flexibility index (Phi) is 6.78. The molecule has 1 aromatic carbocycles. The van der Waals surface area contributed by atoms with Crippen molar-refractivity contribution < 1.29 is 41.1 Å². The fourth-order valence-corrected chi connectivity index (χ4v) is 4.49. The molecule has 2 aliphatic heterocycles. The van der Waals surface area contributed by atoms with E-state index in [2.05, 4.69) is 9.97 Å². The van der Waals surface area contributed by atoms with Gasteiger partial charge >= 0.3 is 18.3 Å². The van der Waals surface area contributed by atoms with Crippen LogP contribution in [0.5, 0.6) is 0 Å². The van der Waals surface area contributed by atoms with Crippen molar-refractivity contribution >= 4 is 23.8 Å². The summed E-state index contributed by atoms with van der Waals surface area (Å²) in [5.74, 6) is -3.34. The predicted octanol–water partition coefficient (Wildman–Crippen LogP) is 4.51. The van der Waals surface area contributed by atoms with Gasteiger partial charge in [-0.15, -0.1) is 0 Å². The summed E-state index contributed by atoms with van der Waals surface area (Å²) in [6, 6.07) is 1.58. The molecule has 0 unspecified atom stereocenters. The Balaban J connectivity index is 1.70. The lowest BCUT2D eigenvalue weighted by Gasteiger charge is -2.42. The minimum atomic E-state index is -4.88. The predicted molar refractivity (Wildman–Crippen MR) is 122 cm³/mol. The van der Waals surface area contributed by atoms with Crippen LogP contribution >= 0.6 is 0 Å². The van der Waals surface area contributed by atoms with Crippen molar-refractivity contribution in [1.29, 1.82) is 0 Å². The number of likely N-dealkylation sites (tertiary alicyclic amines) is 1. The molecule has 2 saturated heterocycles. The van der Waals surface area contributed by atoms with Crippen LogP contribution in [0.15, 0.2) is 30.6 Å². The topological polar surface area (TPSA) is 95.9 Å². The van der Waals surface area contributed by atoms with Crippen molar-refractivity contribution in [2.45, 2.75) is 57.5 Å². The number of carbonyl (C=O) groups excluding carboxylic acids is 3. The number of piperidine rings is 1. The quantitative estimate of drug-likeness (QED) is 0.419. The first-order chi connectivity index (χ1) is 17.6. The van der Waals surface area contributed by atoms with E-state index >= 15 is 0 Å². The highest BCUT2D eigenvalue weighted by Crippen LogP contribution is 2.41. The van der Waals surface area contributed by atoms with E-state index in [-0.39, 0.29) is 31.5 Å². The number of urea groups is 1. The highest BCUT2D eigenvalue weighted by atomic mass is 19.4. The molecule has 0 radical (unpaired) electrons. The molecule has 4 amide bonds. The highest BCUT2D eigenvalue weighted by molar-refractivity contribution is 6.22. The number of hydrogen-bond acceptors (Lipinski definition) is 6. The van der Waals surface area contributed by atoms with Gasteiger partial charge in [-0.1, -0.05) is 0 Å². The van der Waals surface area contributed by atoms with Gasteiger partial charge in [0.15, 0.2) is 11.5 Å². The van der Waals surface area contributed by atoms with Gasteiger partial charge in [0, 0.05) is 25.7 Å². The second kappa shape index (κ2) is 9.48. The number of aromatic nitrogens is 2. The number of anilines is 1. The Morgan fingerprint density at radius 1 is 1.03 bits per heavy atom. The molecule has 2 aromatic rings. The Hall–Kier alpha value is -3.84. The largest absolute Gasteiger partial charge is 0.444 e. The molecular formula is C24H24F5N5O4. The number of ether oxygens (including phenoxy) is 1. The standard InChI is InChI=1S/C24H24F5N5O4/c1-22(2,3)38-21(37)32-6-4-23(5-7-32)19(35)34(18-12-30-11-17(31-18)24(27,28)29)20(36)33(23)13-14-8-15(25)10-16(26)9-14/h8-12H,4-7,13H2,1-3H3. The molecule has 3 heterocycles. The fraction of sp³-hybridized carbons (Fsp3) is 0.458. The monoisotopic (exact) mass is 541 g/mol. The number of nitrogens with zero attached hydrogens (tertiary/aromatic N) is 5. The van der Waals surface area contributed by atoms with Gasteiger partial charge in [-0.3, -0.25) is 9.78 Å². The summed E-state index contributed by atoms with van der Waals surface area (Å²) < 4.78 is 72.9. The number of hydrogen-bond donors (Lipinski definition) is 0. The summed E-state index contributed by atoms with van der Waals surface area (Å²) in [6.07, 6.45) is -4.42. The summed E-state index contributed by atoms with van der Waals surface area (Å²) >= 11 is 0. The molecule has 1 aromatic heterocycles. The SMILES string of the molecule is CC(C)(C)OC(=O)N1CCC2(CC1)C(=O)N(c1cncc(C(F)(F)F)n1)C(=O)N2Cc1cc(F)cc(F)c1. The van der Waals surface area contributed by atoms with Crippen LogP contribution in [0.2, 0.25) is 0 Å². The van der Waals surface area contributed by atoms with Crippen LogP contribution in [0.1, 0.15) is 44.9 Å². The number of benzene rings is 1. The normalized spacial score (nSPS) is 17.9. The second-order valence-electron chi connectivity index (χ2n) is 10.0. The fourth-order valence-electron chi connectivity index (χ4n) is 4.49. The average Bonchev–Trinajstić information content (AvgIpc) is 2.98. The van der Waals surface area contributed by atoms with Gasteiger partial charge in [0.2, 0.25) is 0 Å². The zero-order valence-electron chi connectivity index (χ0n) is 20.7. The third-order valence-electron chi connectivity index (χ3n) is 6.19. The van der Waals surface area contributed by atoms with Crippen LogP contribution in [0, 0.1) is 11.6 Å². The van der Waals surface area contributed by atoms with Crippen molar-refractivity contribution in [2.24, 2.45) is 0 Å². The van der Waals surface area contributed by atoms with E-state index in [0.29, 0.717) is 17.2 Å². The number of rotatable bonds is 3.